The second kappa shape index (κ2) is 3.56. The molecule has 0 amide bonds. The number of benzene rings is 1. The molecule has 0 aliphatic heterocycles. The van der Waals surface area contributed by atoms with Crippen LogP contribution in [0.5, 0.6) is 0 Å². The number of hydrogen-bond donors (Lipinski definition) is 1. The standard InChI is InChI=1S/C9H9BrClFO/c1-9(2,13)6-3-5(10)4-7(12)8(6)11/h3-4,13H,1-2H3. The third-order valence-corrected chi connectivity index (χ3v) is 2.49. The van der Waals surface area contributed by atoms with Gasteiger partial charge in [-0.3, -0.25) is 0 Å². The zero-order valence-electron chi connectivity index (χ0n) is 7.24. The van der Waals surface area contributed by atoms with Crippen molar-refractivity contribution >= 4 is 27.5 Å². The van der Waals surface area contributed by atoms with Crippen molar-refractivity contribution in [3.63, 3.8) is 0 Å². The van der Waals surface area contributed by atoms with E-state index in [-0.39, 0.29) is 5.02 Å². The van der Waals surface area contributed by atoms with E-state index in [1.54, 1.807) is 19.9 Å². The minimum Gasteiger partial charge on any atom is -0.386 e. The maximum Gasteiger partial charge on any atom is 0.143 e. The first kappa shape index (κ1) is 11.0. The van der Waals surface area contributed by atoms with Gasteiger partial charge in [-0.25, -0.2) is 4.39 Å². The fourth-order valence-electron chi connectivity index (χ4n) is 1.00. The van der Waals surface area contributed by atoms with Crippen LogP contribution >= 0.6 is 27.5 Å². The molecule has 0 fully saturated rings. The van der Waals surface area contributed by atoms with E-state index in [0.29, 0.717) is 10.0 Å². The van der Waals surface area contributed by atoms with Crippen molar-refractivity contribution in [3.05, 3.63) is 33.0 Å². The molecule has 0 heterocycles. The minimum absolute atomic E-state index is 0.0318. The van der Waals surface area contributed by atoms with E-state index in [4.69, 9.17) is 11.6 Å². The lowest BCUT2D eigenvalue weighted by Gasteiger charge is -2.19. The average Bonchev–Trinajstić information content (AvgIpc) is 1.94. The Hall–Kier alpha value is -0.120. The van der Waals surface area contributed by atoms with Crippen LogP contribution in [0.25, 0.3) is 0 Å². The molecule has 1 rings (SSSR count). The lowest BCUT2D eigenvalue weighted by Crippen LogP contribution is -2.16. The Balaban J connectivity index is 3.37. The Bertz CT molecular complexity index is 333. The van der Waals surface area contributed by atoms with Crippen molar-refractivity contribution in [1.29, 1.82) is 0 Å². The highest BCUT2D eigenvalue weighted by molar-refractivity contribution is 9.10. The molecule has 0 aromatic heterocycles. The summed E-state index contributed by atoms with van der Waals surface area (Å²) < 4.78 is 13.7. The molecular formula is C9H9BrClFO. The van der Waals surface area contributed by atoms with Crippen LogP contribution in [0.3, 0.4) is 0 Å². The summed E-state index contributed by atoms with van der Waals surface area (Å²) in [7, 11) is 0. The SMILES string of the molecule is CC(C)(O)c1cc(Br)cc(F)c1Cl. The lowest BCUT2D eigenvalue weighted by atomic mass is 9.98. The molecule has 0 spiro atoms. The first-order valence-corrected chi connectivity index (χ1v) is 4.87. The van der Waals surface area contributed by atoms with Crippen LogP contribution in [0.4, 0.5) is 4.39 Å². The van der Waals surface area contributed by atoms with Gasteiger partial charge in [-0.15, -0.1) is 0 Å². The topological polar surface area (TPSA) is 20.2 Å². The summed E-state index contributed by atoms with van der Waals surface area (Å²) in [5, 5.41) is 9.62. The number of hydrogen-bond acceptors (Lipinski definition) is 1. The molecule has 13 heavy (non-hydrogen) atoms. The zero-order valence-corrected chi connectivity index (χ0v) is 9.58. The molecular weight excluding hydrogens is 258 g/mol. The minimum atomic E-state index is -1.14. The molecule has 0 unspecified atom stereocenters. The summed E-state index contributed by atoms with van der Waals surface area (Å²) >= 11 is 8.82. The van der Waals surface area contributed by atoms with Crippen LogP contribution in [-0.2, 0) is 5.60 Å². The van der Waals surface area contributed by atoms with Gasteiger partial charge in [0, 0.05) is 10.0 Å². The van der Waals surface area contributed by atoms with Gasteiger partial charge < -0.3 is 5.11 Å². The Labute approximate surface area is 89.7 Å². The molecule has 0 atom stereocenters. The van der Waals surface area contributed by atoms with Gasteiger partial charge in [0.25, 0.3) is 0 Å². The van der Waals surface area contributed by atoms with Crippen LogP contribution in [-0.4, -0.2) is 5.11 Å². The molecule has 0 saturated carbocycles. The first-order valence-electron chi connectivity index (χ1n) is 3.70. The van der Waals surface area contributed by atoms with Crippen molar-refractivity contribution < 1.29 is 9.50 Å². The van der Waals surface area contributed by atoms with E-state index >= 15 is 0 Å². The molecule has 0 aliphatic rings. The van der Waals surface area contributed by atoms with Gasteiger partial charge in [-0.2, -0.15) is 0 Å². The van der Waals surface area contributed by atoms with Gasteiger partial charge in [-0.05, 0) is 26.0 Å². The fourth-order valence-corrected chi connectivity index (χ4v) is 1.77. The van der Waals surface area contributed by atoms with Crippen LogP contribution in [0.2, 0.25) is 5.02 Å². The third-order valence-electron chi connectivity index (χ3n) is 1.65. The first-order chi connectivity index (χ1) is 5.82. The Morgan fingerprint density at radius 1 is 1.46 bits per heavy atom. The smallest absolute Gasteiger partial charge is 0.143 e. The van der Waals surface area contributed by atoms with Crippen molar-refractivity contribution in [2.75, 3.05) is 0 Å². The lowest BCUT2D eigenvalue weighted by molar-refractivity contribution is 0.0783. The van der Waals surface area contributed by atoms with Gasteiger partial charge >= 0.3 is 0 Å². The summed E-state index contributed by atoms with van der Waals surface area (Å²) in [6, 6.07) is 2.86. The molecule has 0 aliphatic carbocycles. The largest absolute Gasteiger partial charge is 0.386 e. The Kier molecular flexibility index (Phi) is 3.00. The van der Waals surface area contributed by atoms with Crippen LogP contribution in [0.1, 0.15) is 19.4 Å². The van der Waals surface area contributed by atoms with E-state index in [0.717, 1.165) is 0 Å². The summed E-state index contributed by atoms with van der Waals surface area (Å²) in [6.07, 6.45) is 0. The van der Waals surface area contributed by atoms with E-state index in [1.165, 1.54) is 6.07 Å². The van der Waals surface area contributed by atoms with Gasteiger partial charge in [0.2, 0.25) is 0 Å². The fraction of sp³-hybridized carbons (Fsp3) is 0.333. The zero-order chi connectivity index (χ0) is 10.2. The molecule has 72 valence electrons. The average molecular weight is 268 g/mol. The van der Waals surface area contributed by atoms with Gasteiger partial charge in [0.1, 0.15) is 5.82 Å². The van der Waals surface area contributed by atoms with Gasteiger partial charge in [0.05, 0.1) is 10.6 Å². The predicted octanol–water partition coefficient (Wildman–Crippen LogP) is 3.47. The van der Waals surface area contributed by atoms with Crippen LogP contribution < -0.4 is 0 Å². The van der Waals surface area contributed by atoms with E-state index in [9.17, 15) is 9.50 Å². The quantitative estimate of drug-likeness (QED) is 0.773. The number of aliphatic hydroxyl groups is 1. The molecule has 1 N–H and O–H groups in total. The summed E-state index contributed by atoms with van der Waals surface area (Å²) in [5.74, 6) is -0.534. The summed E-state index contributed by atoms with van der Waals surface area (Å²) in [6.45, 7) is 3.11. The molecule has 1 aromatic carbocycles. The Morgan fingerprint density at radius 2 is 2.00 bits per heavy atom. The molecule has 1 aromatic rings. The highest BCUT2D eigenvalue weighted by Gasteiger charge is 2.22. The third kappa shape index (κ3) is 2.42. The van der Waals surface area contributed by atoms with Gasteiger partial charge in [-0.1, -0.05) is 27.5 Å². The van der Waals surface area contributed by atoms with Gasteiger partial charge in [0.15, 0.2) is 0 Å². The summed E-state index contributed by atoms with van der Waals surface area (Å²) in [4.78, 5) is 0. The van der Waals surface area contributed by atoms with E-state index in [2.05, 4.69) is 15.9 Å². The van der Waals surface area contributed by atoms with Crippen molar-refractivity contribution in [2.24, 2.45) is 0 Å². The van der Waals surface area contributed by atoms with Crippen LogP contribution in [0, 0.1) is 5.82 Å². The van der Waals surface area contributed by atoms with Crippen LogP contribution in [0.15, 0.2) is 16.6 Å². The van der Waals surface area contributed by atoms with E-state index < -0.39 is 11.4 Å². The molecule has 1 nitrogen and oxygen atoms in total. The summed E-state index contributed by atoms with van der Waals surface area (Å²) in [5.41, 5.74) is -0.761. The highest BCUT2D eigenvalue weighted by atomic mass is 79.9. The molecule has 4 heteroatoms. The van der Waals surface area contributed by atoms with Crippen molar-refractivity contribution in [3.8, 4) is 0 Å². The molecule has 0 radical (unpaired) electrons. The monoisotopic (exact) mass is 266 g/mol. The number of rotatable bonds is 1. The predicted molar refractivity (Wildman–Crippen MR) is 54.4 cm³/mol. The maximum absolute atomic E-state index is 13.1. The second-order valence-corrected chi connectivity index (χ2v) is 4.60. The van der Waals surface area contributed by atoms with E-state index in [1.807, 2.05) is 0 Å². The van der Waals surface area contributed by atoms with Crippen molar-refractivity contribution in [2.45, 2.75) is 19.4 Å². The highest BCUT2D eigenvalue weighted by Crippen LogP contribution is 2.32. The molecule has 0 bridgehead atoms. The second-order valence-electron chi connectivity index (χ2n) is 3.31. The molecule has 0 saturated heterocycles. The number of halogens is 3. The maximum atomic E-state index is 13.1. The van der Waals surface area contributed by atoms with Crippen molar-refractivity contribution in [1.82, 2.24) is 0 Å². The normalized spacial score (nSPS) is 11.8. The Morgan fingerprint density at radius 3 is 2.46 bits per heavy atom.